The molecule has 19 heavy (non-hydrogen) atoms. The van der Waals surface area contributed by atoms with Gasteiger partial charge in [0.2, 0.25) is 0 Å². The Kier molecular flexibility index (Phi) is 5.16. The number of benzene rings is 1. The second-order valence-corrected chi connectivity index (χ2v) is 4.88. The van der Waals surface area contributed by atoms with Gasteiger partial charge in [0.25, 0.3) is 0 Å². The van der Waals surface area contributed by atoms with Crippen LogP contribution in [0, 0.1) is 6.92 Å². The maximum atomic E-state index is 5.49. The molecule has 1 N–H and O–H groups in total. The Morgan fingerprint density at radius 3 is 2.68 bits per heavy atom. The van der Waals surface area contributed by atoms with Crippen molar-refractivity contribution >= 4 is 0 Å². The average Bonchev–Trinajstić information content (AvgIpc) is 2.86. The molecule has 0 amide bonds. The zero-order valence-corrected chi connectivity index (χ0v) is 11.8. The first-order valence-corrected chi connectivity index (χ1v) is 6.97. The molecule has 0 aliphatic heterocycles. The molecular weight excluding hydrogens is 236 g/mol. The molecule has 0 unspecified atom stereocenters. The smallest absolute Gasteiger partial charge is 0.181 e. The topological polar surface area (TPSA) is 38.1 Å². The van der Waals surface area contributed by atoms with Gasteiger partial charge in [-0.2, -0.15) is 0 Å². The van der Waals surface area contributed by atoms with Crippen molar-refractivity contribution < 1.29 is 4.42 Å². The van der Waals surface area contributed by atoms with E-state index in [4.69, 9.17) is 4.42 Å². The van der Waals surface area contributed by atoms with Crippen molar-refractivity contribution in [3.05, 3.63) is 53.2 Å². The van der Waals surface area contributed by atoms with Gasteiger partial charge < -0.3 is 9.73 Å². The molecule has 102 valence electrons. The Bertz CT molecular complexity index is 488. The van der Waals surface area contributed by atoms with Gasteiger partial charge in [0.05, 0.1) is 5.69 Å². The van der Waals surface area contributed by atoms with E-state index >= 15 is 0 Å². The number of oxazole rings is 1. The summed E-state index contributed by atoms with van der Waals surface area (Å²) < 4.78 is 5.49. The number of aromatic nitrogens is 1. The summed E-state index contributed by atoms with van der Waals surface area (Å²) in [5.41, 5.74) is 3.68. The van der Waals surface area contributed by atoms with Gasteiger partial charge >= 0.3 is 0 Å². The van der Waals surface area contributed by atoms with E-state index in [1.807, 2.05) is 0 Å². The first kappa shape index (κ1) is 13.8. The van der Waals surface area contributed by atoms with Gasteiger partial charge in [-0.15, -0.1) is 0 Å². The van der Waals surface area contributed by atoms with Gasteiger partial charge in [0.1, 0.15) is 5.76 Å². The highest BCUT2D eigenvalue weighted by Gasteiger charge is 2.07. The second kappa shape index (κ2) is 7.10. The van der Waals surface area contributed by atoms with Gasteiger partial charge in [-0.1, -0.05) is 36.8 Å². The largest absolute Gasteiger partial charge is 0.448 e. The van der Waals surface area contributed by atoms with E-state index in [0.29, 0.717) is 0 Å². The second-order valence-electron chi connectivity index (χ2n) is 4.88. The van der Waals surface area contributed by atoms with Crippen LogP contribution in [0.2, 0.25) is 0 Å². The maximum Gasteiger partial charge on any atom is 0.181 e. The van der Waals surface area contributed by atoms with Crippen LogP contribution in [0.5, 0.6) is 0 Å². The molecular formula is C16H22N2O. The van der Waals surface area contributed by atoms with Gasteiger partial charge in [0, 0.05) is 13.0 Å². The monoisotopic (exact) mass is 258 g/mol. The van der Waals surface area contributed by atoms with Crippen LogP contribution in [-0.4, -0.2) is 11.5 Å². The summed E-state index contributed by atoms with van der Waals surface area (Å²) in [7, 11) is 0. The van der Waals surface area contributed by atoms with Gasteiger partial charge in [0.15, 0.2) is 6.39 Å². The first-order chi connectivity index (χ1) is 9.29. The fourth-order valence-corrected chi connectivity index (χ4v) is 2.04. The van der Waals surface area contributed by atoms with Gasteiger partial charge in [-0.3, -0.25) is 0 Å². The fraction of sp³-hybridized carbons (Fsp3) is 0.438. The Hall–Kier alpha value is -1.61. The van der Waals surface area contributed by atoms with Crippen LogP contribution in [0.4, 0.5) is 0 Å². The molecule has 0 bridgehead atoms. The summed E-state index contributed by atoms with van der Waals surface area (Å²) in [5.74, 6) is 1.00. The Labute approximate surface area is 115 Å². The van der Waals surface area contributed by atoms with Crippen molar-refractivity contribution in [2.24, 2.45) is 0 Å². The van der Waals surface area contributed by atoms with Crippen LogP contribution in [0.25, 0.3) is 0 Å². The third kappa shape index (κ3) is 4.21. The molecule has 0 aliphatic carbocycles. The number of hydrogen-bond donors (Lipinski definition) is 1. The lowest BCUT2D eigenvalue weighted by molar-refractivity contribution is 0.497. The molecule has 3 nitrogen and oxygen atoms in total. The van der Waals surface area contributed by atoms with E-state index in [1.54, 1.807) is 6.39 Å². The van der Waals surface area contributed by atoms with E-state index in [1.165, 1.54) is 11.1 Å². The SMILES string of the molecule is CCCNCc1ncoc1CCc1ccc(C)cc1. The number of hydrogen-bond acceptors (Lipinski definition) is 3. The Balaban J connectivity index is 1.88. The van der Waals surface area contributed by atoms with Crippen LogP contribution in [0.3, 0.4) is 0 Å². The molecule has 0 spiro atoms. The highest BCUT2D eigenvalue weighted by Crippen LogP contribution is 2.12. The van der Waals surface area contributed by atoms with Crippen LogP contribution < -0.4 is 5.32 Å². The Morgan fingerprint density at radius 2 is 1.95 bits per heavy atom. The zero-order valence-electron chi connectivity index (χ0n) is 11.8. The fourth-order valence-electron chi connectivity index (χ4n) is 2.04. The molecule has 0 atom stereocenters. The lowest BCUT2D eigenvalue weighted by Gasteiger charge is -2.03. The minimum absolute atomic E-state index is 0.799. The predicted molar refractivity (Wildman–Crippen MR) is 77.1 cm³/mol. The van der Waals surface area contributed by atoms with E-state index in [0.717, 1.165) is 43.8 Å². The van der Waals surface area contributed by atoms with Crippen molar-refractivity contribution in [2.75, 3.05) is 6.54 Å². The van der Waals surface area contributed by atoms with Crippen LogP contribution in [-0.2, 0) is 19.4 Å². The van der Waals surface area contributed by atoms with E-state index in [9.17, 15) is 0 Å². The summed E-state index contributed by atoms with van der Waals surface area (Å²) >= 11 is 0. The van der Waals surface area contributed by atoms with Crippen LogP contribution in [0.1, 0.15) is 35.9 Å². The zero-order chi connectivity index (χ0) is 13.5. The molecule has 0 radical (unpaired) electrons. The quantitative estimate of drug-likeness (QED) is 0.775. The van der Waals surface area contributed by atoms with Crippen molar-refractivity contribution in [3.8, 4) is 0 Å². The third-order valence-corrected chi connectivity index (χ3v) is 3.21. The van der Waals surface area contributed by atoms with Crippen molar-refractivity contribution in [1.29, 1.82) is 0 Å². The van der Waals surface area contributed by atoms with E-state index in [-0.39, 0.29) is 0 Å². The minimum atomic E-state index is 0.799. The average molecular weight is 258 g/mol. The molecule has 2 rings (SSSR count). The summed E-state index contributed by atoms with van der Waals surface area (Å²) in [4.78, 5) is 4.29. The standard InChI is InChI=1S/C16H22N2O/c1-3-10-17-11-15-16(19-12-18-15)9-8-14-6-4-13(2)5-7-14/h4-7,12,17H,3,8-11H2,1-2H3. The molecule has 1 aromatic heterocycles. The lowest BCUT2D eigenvalue weighted by Crippen LogP contribution is -2.15. The molecule has 0 aliphatic rings. The van der Waals surface area contributed by atoms with Crippen LogP contribution in [0.15, 0.2) is 35.1 Å². The number of aryl methyl sites for hydroxylation is 3. The molecule has 3 heteroatoms. The van der Waals surface area contributed by atoms with Crippen molar-refractivity contribution in [2.45, 2.75) is 39.7 Å². The predicted octanol–water partition coefficient (Wildman–Crippen LogP) is 3.27. The molecule has 0 saturated heterocycles. The molecule has 0 fully saturated rings. The van der Waals surface area contributed by atoms with E-state index in [2.05, 4.69) is 48.4 Å². The van der Waals surface area contributed by atoms with Gasteiger partial charge in [-0.25, -0.2) is 4.98 Å². The molecule has 1 aromatic carbocycles. The Morgan fingerprint density at radius 1 is 1.16 bits per heavy atom. The normalized spacial score (nSPS) is 10.8. The summed E-state index contributed by atoms with van der Waals surface area (Å²) in [6.07, 6.45) is 4.59. The molecule has 0 saturated carbocycles. The highest BCUT2D eigenvalue weighted by atomic mass is 16.3. The number of nitrogens with zero attached hydrogens (tertiary/aromatic N) is 1. The molecule has 1 heterocycles. The minimum Gasteiger partial charge on any atom is -0.448 e. The highest BCUT2D eigenvalue weighted by molar-refractivity contribution is 5.22. The number of nitrogens with one attached hydrogen (secondary N) is 1. The maximum absolute atomic E-state index is 5.49. The van der Waals surface area contributed by atoms with E-state index < -0.39 is 0 Å². The summed E-state index contributed by atoms with van der Waals surface area (Å²) in [6, 6.07) is 8.67. The number of rotatable bonds is 7. The third-order valence-electron chi connectivity index (χ3n) is 3.21. The van der Waals surface area contributed by atoms with Crippen LogP contribution >= 0.6 is 0 Å². The summed E-state index contributed by atoms with van der Waals surface area (Å²) in [5, 5.41) is 3.36. The lowest BCUT2D eigenvalue weighted by atomic mass is 10.1. The molecule has 2 aromatic rings. The summed E-state index contributed by atoms with van der Waals surface area (Å²) in [6.45, 7) is 6.09. The van der Waals surface area contributed by atoms with Gasteiger partial charge in [-0.05, 0) is 31.9 Å². The first-order valence-electron chi connectivity index (χ1n) is 6.97. The van der Waals surface area contributed by atoms with Crippen molar-refractivity contribution in [3.63, 3.8) is 0 Å². The van der Waals surface area contributed by atoms with Crippen molar-refractivity contribution in [1.82, 2.24) is 10.3 Å².